The van der Waals surface area contributed by atoms with Crippen molar-refractivity contribution in [2.24, 2.45) is 0 Å². The van der Waals surface area contributed by atoms with Crippen molar-refractivity contribution in [3.05, 3.63) is 64.4 Å². The van der Waals surface area contributed by atoms with Crippen molar-refractivity contribution in [2.45, 2.75) is 19.1 Å². The predicted octanol–water partition coefficient (Wildman–Crippen LogP) is 4.31. The normalized spacial score (nSPS) is 12.4. The smallest absolute Gasteiger partial charge is 0.341 e. The highest BCUT2D eigenvalue weighted by molar-refractivity contribution is 6.39. The summed E-state index contributed by atoms with van der Waals surface area (Å²) < 4.78 is 51.3. The molecule has 0 aliphatic carbocycles. The van der Waals surface area contributed by atoms with Gasteiger partial charge >= 0.3 is 18.0 Å². The molecular formula is C17H13ClF4N2O2. The van der Waals surface area contributed by atoms with Crippen LogP contribution in [-0.4, -0.2) is 11.8 Å². The topological polar surface area (TPSA) is 58.2 Å². The van der Waals surface area contributed by atoms with Gasteiger partial charge in [-0.3, -0.25) is 9.59 Å². The number of hydrogen-bond donors (Lipinski definition) is 2. The third-order valence-corrected chi connectivity index (χ3v) is 3.78. The first kappa shape index (κ1) is 19.7. The van der Waals surface area contributed by atoms with Gasteiger partial charge in [0, 0.05) is 5.69 Å². The largest absolute Gasteiger partial charge is 0.417 e. The highest BCUT2D eigenvalue weighted by Crippen LogP contribution is 2.36. The molecule has 26 heavy (non-hydrogen) atoms. The van der Waals surface area contributed by atoms with Crippen molar-refractivity contribution in [1.82, 2.24) is 5.32 Å². The van der Waals surface area contributed by atoms with Crippen LogP contribution in [0, 0.1) is 5.82 Å². The minimum Gasteiger partial charge on any atom is -0.341 e. The van der Waals surface area contributed by atoms with Crippen LogP contribution < -0.4 is 10.6 Å². The molecule has 2 aromatic rings. The number of halogens is 5. The summed E-state index contributed by atoms with van der Waals surface area (Å²) in [7, 11) is 0. The van der Waals surface area contributed by atoms with E-state index in [1.807, 2.05) is 0 Å². The first-order valence-electron chi connectivity index (χ1n) is 7.32. The fourth-order valence-electron chi connectivity index (χ4n) is 2.11. The molecule has 0 heterocycles. The van der Waals surface area contributed by atoms with Crippen LogP contribution in [0.3, 0.4) is 0 Å². The van der Waals surface area contributed by atoms with Crippen LogP contribution in [0.5, 0.6) is 0 Å². The van der Waals surface area contributed by atoms with Gasteiger partial charge in [0.2, 0.25) is 0 Å². The van der Waals surface area contributed by atoms with Gasteiger partial charge in [-0.25, -0.2) is 4.39 Å². The van der Waals surface area contributed by atoms with Gasteiger partial charge in [-0.05, 0) is 42.8 Å². The summed E-state index contributed by atoms with van der Waals surface area (Å²) in [5.41, 5.74) is -0.799. The van der Waals surface area contributed by atoms with E-state index in [0.29, 0.717) is 11.6 Å². The Morgan fingerprint density at radius 1 is 1.04 bits per heavy atom. The van der Waals surface area contributed by atoms with Crippen LogP contribution >= 0.6 is 11.6 Å². The minimum atomic E-state index is -4.70. The Balaban J connectivity index is 2.05. The van der Waals surface area contributed by atoms with Crippen LogP contribution in [0.4, 0.5) is 23.2 Å². The molecule has 4 nitrogen and oxygen atoms in total. The number of alkyl halides is 3. The van der Waals surface area contributed by atoms with Gasteiger partial charge < -0.3 is 10.6 Å². The zero-order valence-electron chi connectivity index (χ0n) is 13.3. The molecule has 0 fully saturated rings. The second-order valence-corrected chi connectivity index (χ2v) is 5.80. The number of carbonyl (C=O) groups excluding carboxylic acids is 2. The molecule has 1 atom stereocenters. The third-order valence-electron chi connectivity index (χ3n) is 3.45. The molecule has 9 heteroatoms. The number of carbonyl (C=O) groups is 2. The number of rotatable bonds is 3. The van der Waals surface area contributed by atoms with E-state index in [9.17, 15) is 27.2 Å². The van der Waals surface area contributed by atoms with Gasteiger partial charge in [-0.2, -0.15) is 13.2 Å². The van der Waals surface area contributed by atoms with Crippen molar-refractivity contribution in [1.29, 1.82) is 0 Å². The maximum absolute atomic E-state index is 12.9. The van der Waals surface area contributed by atoms with E-state index in [1.54, 1.807) is 6.92 Å². The molecule has 0 saturated carbocycles. The predicted molar refractivity (Wildman–Crippen MR) is 88.0 cm³/mol. The Bertz CT molecular complexity index is 823. The molecule has 0 aliphatic rings. The summed E-state index contributed by atoms with van der Waals surface area (Å²) in [6.07, 6.45) is -4.70. The monoisotopic (exact) mass is 388 g/mol. The molecule has 0 unspecified atom stereocenters. The molecule has 2 N–H and O–H groups in total. The van der Waals surface area contributed by atoms with E-state index in [-0.39, 0.29) is 5.69 Å². The van der Waals surface area contributed by atoms with Gasteiger partial charge in [-0.1, -0.05) is 23.7 Å². The fourth-order valence-corrected chi connectivity index (χ4v) is 2.33. The lowest BCUT2D eigenvalue weighted by Crippen LogP contribution is -2.36. The molecule has 2 amide bonds. The second-order valence-electron chi connectivity index (χ2n) is 5.39. The van der Waals surface area contributed by atoms with E-state index in [4.69, 9.17) is 11.6 Å². The Morgan fingerprint density at radius 3 is 2.23 bits per heavy atom. The molecule has 0 aliphatic heterocycles. The van der Waals surface area contributed by atoms with E-state index >= 15 is 0 Å². The van der Waals surface area contributed by atoms with Gasteiger partial charge in [0.25, 0.3) is 0 Å². The molecule has 0 spiro atoms. The zero-order valence-corrected chi connectivity index (χ0v) is 14.1. The van der Waals surface area contributed by atoms with Crippen LogP contribution in [0.25, 0.3) is 0 Å². The van der Waals surface area contributed by atoms with Crippen LogP contribution in [0.15, 0.2) is 42.5 Å². The van der Waals surface area contributed by atoms with E-state index < -0.39 is 40.4 Å². The number of nitrogens with one attached hydrogen (secondary N) is 2. The summed E-state index contributed by atoms with van der Waals surface area (Å²) in [6.45, 7) is 1.57. The van der Waals surface area contributed by atoms with Gasteiger partial charge in [0.05, 0.1) is 16.6 Å². The van der Waals surface area contributed by atoms with Crippen molar-refractivity contribution < 1.29 is 27.2 Å². The summed E-state index contributed by atoms with van der Waals surface area (Å²) >= 11 is 5.49. The molecule has 138 valence electrons. The lowest BCUT2D eigenvalue weighted by molar-refractivity contribution is -0.137. The molecule has 0 radical (unpaired) electrons. The molecule has 0 aromatic heterocycles. The van der Waals surface area contributed by atoms with E-state index in [2.05, 4.69) is 10.6 Å². The fraction of sp³-hybridized carbons (Fsp3) is 0.176. The summed E-state index contributed by atoms with van der Waals surface area (Å²) in [5, 5.41) is 3.92. The summed E-state index contributed by atoms with van der Waals surface area (Å²) in [6, 6.07) is 7.42. The van der Waals surface area contributed by atoms with Crippen LogP contribution in [-0.2, 0) is 15.8 Å². The van der Waals surface area contributed by atoms with E-state index in [0.717, 1.165) is 12.1 Å². The first-order valence-corrected chi connectivity index (χ1v) is 7.70. The minimum absolute atomic E-state index is 0.226. The van der Waals surface area contributed by atoms with Gasteiger partial charge in [0.1, 0.15) is 5.82 Å². The average Bonchev–Trinajstić information content (AvgIpc) is 2.56. The van der Waals surface area contributed by atoms with E-state index in [1.165, 1.54) is 24.3 Å². The van der Waals surface area contributed by atoms with Gasteiger partial charge in [-0.15, -0.1) is 0 Å². The summed E-state index contributed by atoms with van der Waals surface area (Å²) in [4.78, 5) is 23.8. The highest BCUT2D eigenvalue weighted by Gasteiger charge is 2.33. The van der Waals surface area contributed by atoms with Gasteiger partial charge in [0.15, 0.2) is 0 Å². The van der Waals surface area contributed by atoms with Crippen LogP contribution in [0.2, 0.25) is 5.02 Å². The average molecular weight is 389 g/mol. The third kappa shape index (κ3) is 4.95. The number of hydrogen-bond acceptors (Lipinski definition) is 2. The Morgan fingerprint density at radius 2 is 1.65 bits per heavy atom. The molecule has 2 aromatic carbocycles. The van der Waals surface area contributed by atoms with Crippen LogP contribution in [0.1, 0.15) is 24.1 Å². The van der Waals surface area contributed by atoms with Crippen molar-refractivity contribution in [3.8, 4) is 0 Å². The van der Waals surface area contributed by atoms with Crippen molar-refractivity contribution in [3.63, 3.8) is 0 Å². The highest BCUT2D eigenvalue weighted by atomic mass is 35.5. The Labute approximate surface area is 151 Å². The zero-order chi connectivity index (χ0) is 19.5. The maximum atomic E-state index is 12.9. The molecule has 2 rings (SSSR count). The number of benzene rings is 2. The SMILES string of the molecule is C[C@H](NC(=O)C(=O)Nc1ccc(Cl)c(C(F)(F)F)c1)c1ccc(F)cc1. The number of anilines is 1. The lowest BCUT2D eigenvalue weighted by Gasteiger charge is -2.15. The summed E-state index contributed by atoms with van der Waals surface area (Å²) in [5.74, 6) is -2.65. The Kier molecular flexibility index (Phi) is 5.86. The quantitative estimate of drug-likeness (QED) is 0.608. The maximum Gasteiger partial charge on any atom is 0.417 e. The molecule has 0 bridgehead atoms. The standard InChI is InChI=1S/C17H13ClF4N2O2/c1-9(10-2-4-11(19)5-3-10)23-15(25)16(26)24-12-6-7-14(18)13(8-12)17(20,21)22/h2-9H,1H3,(H,23,25)(H,24,26)/t9-/m0/s1. The second kappa shape index (κ2) is 7.74. The number of amides is 2. The molecular weight excluding hydrogens is 376 g/mol. The van der Waals surface area contributed by atoms with Crippen molar-refractivity contribution in [2.75, 3.05) is 5.32 Å². The first-order chi connectivity index (χ1) is 12.1. The lowest BCUT2D eigenvalue weighted by atomic mass is 10.1. The van der Waals surface area contributed by atoms with Crippen molar-refractivity contribution >= 4 is 29.1 Å². The molecule has 0 saturated heterocycles. The Hall–Kier alpha value is -2.61.